The minimum Gasteiger partial charge on any atom is -0.294 e. The van der Waals surface area contributed by atoms with Crippen molar-refractivity contribution < 1.29 is 9.59 Å². The van der Waals surface area contributed by atoms with E-state index in [1.165, 1.54) is 22.3 Å². The first-order chi connectivity index (χ1) is 13.0. The van der Waals surface area contributed by atoms with Gasteiger partial charge in [0, 0.05) is 28.4 Å². The van der Waals surface area contributed by atoms with Gasteiger partial charge in [-0.25, -0.2) is 0 Å². The Labute approximate surface area is 170 Å². The van der Waals surface area contributed by atoms with Crippen LogP contribution in [0.15, 0.2) is 34.8 Å². The molecule has 0 aromatic heterocycles. The van der Waals surface area contributed by atoms with Crippen LogP contribution in [0, 0.1) is 0 Å². The van der Waals surface area contributed by atoms with Crippen LogP contribution in [0.4, 0.5) is 0 Å². The topological polar surface area (TPSA) is 34.1 Å². The maximum absolute atomic E-state index is 11.7. The molecule has 2 aromatic rings. The second-order valence-electron chi connectivity index (χ2n) is 7.36. The Morgan fingerprint density at radius 3 is 2.11 bits per heavy atom. The molecule has 142 valence electrons. The third kappa shape index (κ3) is 4.57. The van der Waals surface area contributed by atoms with Crippen LogP contribution in [0.3, 0.4) is 0 Å². The molecular formula is C24H27BrO2. The molecule has 0 heterocycles. The van der Waals surface area contributed by atoms with E-state index in [0.717, 1.165) is 60.5 Å². The zero-order valence-electron chi connectivity index (χ0n) is 16.2. The van der Waals surface area contributed by atoms with E-state index >= 15 is 0 Å². The first-order valence-electron chi connectivity index (χ1n) is 10.0. The third-order valence-corrected chi connectivity index (χ3v) is 6.23. The number of fused-ring (bicyclic) bond motifs is 2. The number of hydrogen-bond donors (Lipinski definition) is 0. The van der Waals surface area contributed by atoms with E-state index in [1.54, 1.807) is 0 Å². The molecule has 2 aliphatic carbocycles. The molecule has 0 radical (unpaired) electrons. The SMILES string of the molecule is CCc1cc(Br)c2c(c1)C(=O)CCC2.CCc1ccc2c(c1)C(=O)CCC2. The molecule has 0 unspecified atom stereocenters. The molecule has 0 fully saturated rings. The zero-order valence-corrected chi connectivity index (χ0v) is 17.8. The lowest BCUT2D eigenvalue weighted by molar-refractivity contribution is 0.0964. The Hall–Kier alpha value is -1.74. The Balaban J connectivity index is 0.000000156. The summed E-state index contributed by atoms with van der Waals surface area (Å²) in [5, 5.41) is 0. The second kappa shape index (κ2) is 8.97. The Morgan fingerprint density at radius 2 is 1.41 bits per heavy atom. The largest absolute Gasteiger partial charge is 0.294 e. The maximum Gasteiger partial charge on any atom is 0.163 e. The van der Waals surface area contributed by atoms with Crippen molar-refractivity contribution >= 4 is 27.5 Å². The van der Waals surface area contributed by atoms with E-state index in [0.29, 0.717) is 18.0 Å². The van der Waals surface area contributed by atoms with E-state index in [9.17, 15) is 9.59 Å². The van der Waals surface area contributed by atoms with E-state index < -0.39 is 0 Å². The Morgan fingerprint density at radius 1 is 0.778 bits per heavy atom. The number of halogens is 1. The lowest BCUT2D eigenvalue weighted by Gasteiger charge is -2.17. The molecule has 4 rings (SSSR count). The number of rotatable bonds is 2. The molecule has 0 bridgehead atoms. The van der Waals surface area contributed by atoms with Crippen molar-refractivity contribution in [1.82, 2.24) is 0 Å². The lowest BCUT2D eigenvalue weighted by Crippen LogP contribution is -2.11. The smallest absolute Gasteiger partial charge is 0.163 e. The summed E-state index contributed by atoms with van der Waals surface area (Å²) >= 11 is 3.55. The average Bonchev–Trinajstić information content (AvgIpc) is 2.69. The molecule has 2 aromatic carbocycles. The van der Waals surface area contributed by atoms with E-state index in [-0.39, 0.29) is 0 Å². The molecule has 0 N–H and O–H groups in total. The summed E-state index contributed by atoms with van der Waals surface area (Å²) in [6, 6.07) is 10.5. The van der Waals surface area contributed by atoms with Crippen molar-refractivity contribution in [3.8, 4) is 0 Å². The van der Waals surface area contributed by atoms with Crippen LogP contribution < -0.4 is 0 Å². The van der Waals surface area contributed by atoms with Gasteiger partial charge in [0.15, 0.2) is 11.6 Å². The standard InChI is InChI=1S/C12H13BrO.C12H14O/c1-2-8-6-10-9(11(13)7-8)4-3-5-12(10)14;1-2-9-6-7-10-4-3-5-12(13)11(10)8-9/h6-7H,2-5H2,1H3;6-8H,2-5H2,1H3. The molecule has 2 aliphatic rings. The molecule has 2 nitrogen and oxygen atoms in total. The Bertz CT molecular complexity index is 867. The van der Waals surface area contributed by atoms with Gasteiger partial charge >= 0.3 is 0 Å². The number of carbonyl (C=O) groups is 2. The van der Waals surface area contributed by atoms with Crippen LogP contribution in [0.25, 0.3) is 0 Å². The first-order valence-corrected chi connectivity index (χ1v) is 10.8. The summed E-state index contributed by atoms with van der Waals surface area (Å²) in [5.74, 6) is 0.638. The molecular weight excluding hydrogens is 400 g/mol. The predicted octanol–water partition coefficient (Wildman–Crippen LogP) is 6.30. The van der Waals surface area contributed by atoms with Gasteiger partial charge in [-0.3, -0.25) is 9.59 Å². The van der Waals surface area contributed by atoms with Crippen molar-refractivity contribution in [3.05, 3.63) is 68.2 Å². The highest BCUT2D eigenvalue weighted by atomic mass is 79.9. The predicted molar refractivity (Wildman–Crippen MR) is 114 cm³/mol. The number of carbonyl (C=O) groups excluding carboxylic acids is 2. The highest BCUT2D eigenvalue weighted by Gasteiger charge is 2.19. The quantitative estimate of drug-likeness (QED) is 0.564. The van der Waals surface area contributed by atoms with Crippen molar-refractivity contribution in [2.24, 2.45) is 0 Å². The van der Waals surface area contributed by atoms with E-state index in [2.05, 4.69) is 60.1 Å². The fourth-order valence-electron chi connectivity index (χ4n) is 3.86. The molecule has 0 amide bonds. The van der Waals surface area contributed by atoms with Crippen LogP contribution in [-0.4, -0.2) is 11.6 Å². The number of ketones is 2. The van der Waals surface area contributed by atoms with Gasteiger partial charge in [-0.1, -0.05) is 41.9 Å². The van der Waals surface area contributed by atoms with Crippen LogP contribution in [0.5, 0.6) is 0 Å². The van der Waals surface area contributed by atoms with E-state index in [4.69, 9.17) is 0 Å². The lowest BCUT2D eigenvalue weighted by atomic mass is 9.89. The normalized spacial score (nSPS) is 15.5. The molecule has 0 saturated heterocycles. The second-order valence-corrected chi connectivity index (χ2v) is 8.21. The van der Waals surface area contributed by atoms with Gasteiger partial charge in [0.1, 0.15) is 0 Å². The van der Waals surface area contributed by atoms with Crippen LogP contribution in [-0.2, 0) is 25.7 Å². The number of Topliss-reactive ketones (excluding diaryl/α,β-unsaturated/α-hetero) is 2. The highest BCUT2D eigenvalue weighted by Crippen LogP contribution is 2.29. The van der Waals surface area contributed by atoms with Gasteiger partial charge in [0.2, 0.25) is 0 Å². The molecule has 0 spiro atoms. The van der Waals surface area contributed by atoms with Crippen molar-refractivity contribution in [3.63, 3.8) is 0 Å². The van der Waals surface area contributed by atoms with Crippen molar-refractivity contribution in [2.45, 2.75) is 65.2 Å². The van der Waals surface area contributed by atoms with Crippen LogP contribution in [0.2, 0.25) is 0 Å². The van der Waals surface area contributed by atoms with Gasteiger partial charge in [0.05, 0.1) is 0 Å². The van der Waals surface area contributed by atoms with Gasteiger partial charge in [-0.2, -0.15) is 0 Å². The minimum atomic E-state index is 0.308. The summed E-state index contributed by atoms with van der Waals surface area (Å²) in [5.41, 5.74) is 6.89. The summed E-state index contributed by atoms with van der Waals surface area (Å²) in [6.07, 6.45) is 7.58. The van der Waals surface area contributed by atoms with Crippen LogP contribution in [0.1, 0.15) is 82.5 Å². The van der Waals surface area contributed by atoms with Gasteiger partial charge in [-0.15, -0.1) is 0 Å². The number of benzene rings is 2. The highest BCUT2D eigenvalue weighted by molar-refractivity contribution is 9.10. The van der Waals surface area contributed by atoms with Crippen LogP contribution >= 0.6 is 15.9 Å². The summed E-state index contributed by atoms with van der Waals surface area (Å²) in [4.78, 5) is 23.2. The number of aryl methyl sites for hydroxylation is 3. The van der Waals surface area contributed by atoms with E-state index in [1.807, 2.05) is 0 Å². The fraction of sp³-hybridized carbons (Fsp3) is 0.417. The molecule has 27 heavy (non-hydrogen) atoms. The average molecular weight is 427 g/mol. The van der Waals surface area contributed by atoms with Gasteiger partial charge in [-0.05, 0) is 79.0 Å². The molecule has 0 aliphatic heterocycles. The van der Waals surface area contributed by atoms with Crippen molar-refractivity contribution in [2.75, 3.05) is 0 Å². The summed E-state index contributed by atoms with van der Waals surface area (Å²) in [7, 11) is 0. The zero-order chi connectivity index (χ0) is 19.4. The fourth-order valence-corrected chi connectivity index (χ4v) is 4.56. The molecule has 3 heteroatoms. The minimum absolute atomic E-state index is 0.308. The first kappa shape index (κ1) is 20.0. The maximum atomic E-state index is 11.7. The summed E-state index contributed by atoms with van der Waals surface area (Å²) in [6.45, 7) is 4.23. The summed E-state index contributed by atoms with van der Waals surface area (Å²) < 4.78 is 1.11. The third-order valence-electron chi connectivity index (χ3n) is 5.53. The Kier molecular flexibility index (Phi) is 6.64. The molecule has 0 atom stereocenters. The monoisotopic (exact) mass is 426 g/mol. The molecule has 0 saturated carbocycles. The number of hydrogen-bond acceptors (Lipinski definition) is 2. The van der Waals surface area contributed by atoms with Gasteiger partial charge < -0.3 is 0 Å². The van der Waals surface area contributed by atoms with Crippen molar-refractivity contribution in [1.29, 1.82) is 0 Å². The van der Waals surface area contributed by atoms with Gasteiger partial charge in [0.25, 0.3) is 0 Å².